The second-order valence-electron chi connectivity index (χ2n) is 6.85. The van der Waals surface area contributed by atoms with E-state index in [0.717, 1.165) is 23.2 Å². The average Bonchev–Trinajstić information content (AvgIpc) is 3.25. The highest BCUT2D eigenvalue weighted by molar-refractivity contribution is 8.00. The summed E-state index contributed by atoms with van der Waals surface area (Å²) >= 11 is 4.97. The molecular weight excluding hydrogens is 374 g/mol. The van der Waals surface area contributed by atoms with Gasteiger partial charge in [-0.25, -0.2) is 4.68 Å². The number of rotatable bonds is 7. The zero-order valence-corrected chi connectivity index (χ0v) is 17.0. The van der Waals surface area contributed by atoms with E-state index >= 15 is 0 Å². The zero-order valence-electron chi connectivity index (χ0n) is 14.5. The molecule has 0 spiro atoms. The first-order valence-electron chi connectivity index (χ1n) is 8.77. The van der Waals surface area contributed by atoms with Crippen LogP contribution in [0.25, 0.3) is 0 Å². The maximum Gasteiger partial charge on any atom is 0.209 e. The second kappa shape index (κ2) is 7.89. The van der Waals surface area contributed by atoms with Crippen LogP contribution in [0, 0.1) is 5.92 Å². The van der Waals surface area contributed by atoms with E-state index < -0.39 is 0 Å². The normalized spacial score (nSPS) is 26.9. The molecule has 2 aromatic rings. The lowest BCUT2D eigenvalue weighted by atomic mass is 9.78. The van der Waals surface area contributed by atoms with Crippen LogP contribution in [0.15, 0.2) is 10.2 Å². The third kappa shape index (κ3) is 4.01. The molecule has 0 saturated carbocycles. The molecule has 3 aliphatic heterocycles. The molecule has 5 heterocycles. The van der Waals surface area contributed by atoms with Crippen molar-refractivity contribution < 1.29 is 0 Å². The molecule has 2 aromatic heterocycles. The first-order chi connectivity index (χ1) is 12.2. The molecule has 25 heavy (non-hydrogen) atoms. The van der Waals surface area contributed by atoms with Crippen molar-refractivity contribution >= 4 is 35.3 Å². The van der Waals surface area contributed by atoms with Crippen molar-refractivity contribution in [2.45, 2.75) is 47.5 Å². The number of fused-ring (bicyclic) bond motifs is 3. The number of piperidine rings is 3. The van der Waals surface area contributed by atoms with Crippen molar-refractivity contribution in [2.24, 2.45) is 13.0 Å². The first-order valence-corrected chi connectivity index (χ1v) is 11.4. The SMILES string of the molecule is CC(CCSc1nsnc1C1CN2CCC1CC2)Sc1nnnn1C. The number of tetrazole rings is 1. The molecule has 2 atom stereocenters. The summed E-state index contributed by atoms with van der Waals surface area (Å²) in [6, 6.07) is 0. The van der Waals surface area contributed by atoms with Gasteiger partial charge in [0.2, 0.25) is 5.16 Å². The van der Waals surface area contributed by atoms with Crippen molar-refractivity contribution in [3.63, 3.8) is 0 Å². The van der Waals surface area contributed by atoms with E-state index in [1.54, 1.807) is 16.4 Å². The van der Waals surface area contributed by atoms with Crippen LogP contribution in [-0.4, -0.2) is 64.5 Å². The molecule has 7 nitrogen and oxygen atoms in total. The van der Waals surface area contributed by atoms with Crippen molar-refractivity contribution in [3.8, 4) is 0 Å². The summed E-state index contributed by atoms with van der Waals surface area (Å²) in [5.74, 6) is 2.46. The smallest absolute Gasteiger partial charge is 0.209 e. The molecule has 0 aromatic carbocycles. The third-order valence-corrected chi connectivity index (χ3v) is 8.01. The number of hydrogen-bond acceptors (Lipinski definition) is 9. The van der Waals surface area contributed by atoms with Crippen LogP contribution in [0.2, 0.25) is 0 Å². The molecule has 3 saturated heterocycles. The van der Waals surface area contributed by atoms with Gasteiger partial charge < -0.3 is 4.90 Å². The van der Waals surface area contributed by atoms with Crippen LogP contribution >= 0.6 is 35.3 Å². The Morgan fingerprint density at radius 2 is 2.12 bits per heavy atom. The molecule has 136 valence electrons. The van der Waals surface area contributed by atoms with Gasteiger partial charge in [0.25, 0.3) is 0 Å². The Balaban J connectivity index is 1.30. The second-order valence-corrected chi connectivity index (χ2v) is 9.87. The van der Waals surface area contributed by atoms with Gasteiger partial charge >= 0.3 is 0 Å². The van der Waals surface area contributed by atoms with E-state index in [1.807, 2.05) is 18.8 Å². The lowest BCUT2D eigenvalue weighted by molar-refractivity contribution is 0.0846. The molecule has 0 N–H and O–H groups in total. The van der Waals surface area contributed by atoms with Crippen LogP contribution in [0.1, 0.15) is 37.8 Å². The molecule has 0 aliphatic carbocycles. The summed E-state index contributed by atoms with van der Waals surface area (Å²) in [5.41, 5.74) is 1.27. The Morgan fingerprint density at radius 1 is 1.28 bits per heavy atom. The molecule has 2 bridgehead atoms. The van der Waals surface area contributed by atoms with Gasteiger partial charge in [-0.1, -0.05) is 18.7 Å². The van der Waals surface area contributed by atoms with E-state index in [1.165, 1.54) is 54.9 Å². The number of thioether (sulfide) groups is 2. The van der Waals surface area contributed by atoms with E-state index in [9.17, 15) is 0 Å². The topological polar surface area (TPSA) is 72.6 Å². The monoisotopic (exact) mass is 397 g/mol. The highest BCUT2D eigenvalue weighted by Gasteiger charge is 2.37. The molecule has 3 aliphatic rings. The summed E-state index contributed by atoms with van der Waals surface area (Å²) in [4.78, 5) is 2.59. The van der Waals surface area contributed by atoms with Crippen LogP contribution in [0.3, 0.4) is 0 Å². The summed E-state index contributed by atoms with van der Waals surface area (Å²) in [7, 11) is 1.88. The van der Waals surface area contributed by atoms with Crippen LogP contribution in [-0.2, 0) is 7.05 Å². The van der Waals surface area contributed by atoms with Crippen LogP contribution in [0.5, 0.6) is 0 Å². The number of hydrogen-bond donors (Lipinski definition) is 0. The number of nitrogens with zero attached hydrogens (tertiary/aromatic N) is 7. The van der Waals surface area contributed by atoms with E-state index in [4.69, 9.17) is 0 Å². The average molecular weight is 398 g/mol. The minimum absolute atomic E-state index is 0.476. The van der Waals surface area contributed by atoms with Gasteiger partial charge in [0, 0.05) is 30.5 Å². The van der Waals surface area contributed by atoms with Crippen molar-refractivity contribution in [3.05, 3.63) is 5.69 Å². The third-order valence-electron chi connectivity index (χ3n) is 5.14. The maximum absolute atomic E-state index is 4.68. The molecule has 10 heteroatoms. The van der Waals surface area contributed by atoms with Crippen molar-refractivity contribution in [2.75, 3.05) is 25.4 Å². The molecule has 0 radical (unpaired) electrons. The molecule has 3 fully saturated rings. The number of aryl methyl sites for hydroxylation is 1. The van der Waals surface area contributed by atoms with Crippen LogP contribution in [0.4, 0.5) is 0 Å². The lowest BCUT2D eigenvalue weighted by Crippen LogP contribution is -2.46. The highest BCUT2D eigenvalue weighted by atomic mass is 32.2. The number of aromatic nitrogens is 6. The quantitative estimate of drug-likeness (QED) is 0.660. The van der Waals surface area contributed by atoms with Gasteiger partial charge in [0.1, 0.15) is 5.03 Å². The van der Waals surface area contributed by atoms with Gasteiger partial charge in [-0.2, -0.15) is 8.75 Å². The van der Waals surface area contributed by atoms with Crippen LogP contribution < -0.4 is 0 Å². The molecule has 5 rings (SSSR count). The van der Waals surface area contributed by atoms with Gasteiger partial charge in [-0.15, -0.1) is 16.9 Å². The van der Waals surface area contributed by atoms with E-state index in [0.29, 0.717) is 11.2 Å². The summed E-state index contributed by atoms with van der Waals surface area (Å²) in [6.07, 6.45) is 3.75. The largest absolute Gasteiger partial charge is 0.303 e. The van der Waals surface area contributed by atoms with Gasteiger partial charge in [-0.3, -0.25) is 0 Å². The Hall–Kier alpha value is -0.710. The Labute approximate surface area is 160 Å². The fourth-order valence-corrected chi connectivity index (χ4v) is 6.58. The van der Waals surface area contributed by atoms with Gasteiger partial charge in [0.15, 0.2) is 0 Å². The summed E-state index contributed by atoms with van der Waals surface area (Å²) in [6.45, 7) is 5.95. The van der Waals surface area contributed by atoms with Gasteiger partial charge in [-0.05, 0) is 48.7 Å². The molecule has 0 amide bonds. The summed E-state index contributed by atoms with van der Waals surface area (Å²) in [5, 5.41) is 14.1. The maximum atomic E-state index is 4.68. The first kappa shape index (κ1) is 17.7. The summed E-state index contributed by atoms with van der Waals surface area (Å²) < 4.78 is 11.0. The molecule has 2 unspecified atom stereocenters. The Kier molecular flexibility index (Phi) is 5.59. The predicted octanol–water partition coefficient (Wildman–Crippen LogP) is 2.53. The van der Waals surface area contributed by atoms with Gasteiger partial charge in [0.05, 0.1) is 17.4 Å². The highest BCUT2D eigenvalue weighted by Crippen LogP contribution is 2.41. The Bertz CT molecular complexity index is 695. The fourth-order valence-electron chi connectivity index (χ4n) is 3.67. The fraction of sp³-hybridized carbons (Fsp3) is 0.800. The standard InChI is InChI=1S/C15H23N7S3/c1-10(24-15-16-19-20-21(15)2)5-8-23-14-13(17-25-18-14)12-9-22-6-3-11(12)4-7-22/h10-12H,3-9H2,1-2H3. The van der Waals surface area contributed by atoms with E-state index in [2.05, 4.69) is 36.1 Å². The zero-order chi connectivity index (χ0) is 17.2. The van der Waals surface area contributed by atoms with E-state index in [-0.39, 0.29) is 0 Å². The predicted molar refractivity (Wildman–Crippen MR) is 101 cm³/mol. The van der Waals surface area contributed by atoms with Crippen molar-refractivity contribution in [1.82, 2.24) is 33.9 Å². The Morgan fingerprint density at radius 3 is 2.80 bits per heavy atom. The minimum Gasteiger partial charge on any atom is -0.303 e. The minimum atomic E-state index is 0.476. The lowest BCUT2D eigenvalue weighted by Gasteiger charge is -2.44. The molecular formula is C15H23N7S3. The van der Waals surface area contributed by atoms with Crippen molar-refractivity contribution in [1.29, 1.82) is 0 Å².